The summed E-state index contributed by atoms with van der Waals surface area (Å²) < 4.78 is 0. The molecule has 0 saturated heterocycles. The Bertz CT molecular complexity index is 605. The summed E-state index contributed by atoms with van der Waals surface area (Å²) in [5.41, 5.74) is 1.65. The van der Waals surface area contributed by atoms with Gasteiger partial charge in [-0.25, -0.2) is 0 Å². The Hall–Kier alpha value is -2.07. The van der Waals surface area contributed by atoms with Crippen LogP contribution >= 0.6 is 11.6 Å². The molecule has 1 amide bonds. The van der Waals surface area contributed by atoms with Crippen molar-refractivity contribution in [3.05, 3.63) is 64.1 Å². The molecule has 0 aliphatic heterocycles. The van der Waals surface area contributed by atoms with Crippen molar-refractivity contribution in [1.29, 1.82) is 0 Å². The topological polar surface area (TPSA) is 62.0 Å². The van der Waals surface area contributed by atoms with E-state index in [0.717, 1.165) is 5.56 Å². The number of halogens is 1. The number of benzene rings is 1. The van der Waals surface area contributed by atoms with Crippen LogP contribution in [0.2, 0.25) is 0 Å². The highest BCUT2D eigenvalue weighted by atomic mass is 35.5. The van der Waals surface area contributed by atoms with Gasteiger partial charge in [-0.15, -0.1) is 11.6 Å². The molecule has 2 rings (SSSR count). The van der Waals surface area contributed by atoms with Crippen LogP contribution < -0.4 is 10.9 Å². The SMILES string of the molecule is O=C(Nc1ccc(CCl)cc1)c1cc[nH]c(=O)c1. The molecule has 1 aromatic heterocycles. The van der Waals surface area contributed by atoms with E-state index in [1.54, 1.807) is 18.2 Å². The Morgan fingerprint density at radius 3 is 2.56 bits per heavy atom. The van der Waals surface area contributed by atoms with Gasteiger partial charge in [-0.05, 0) is 23.8 Å². The summed E-state index contributed by atoms with van der Waals surface area (Å²) in [6, 6.07) is 10.00. The summed E-state index contributed by atoms with van der Waals surface area (Å²) in [7, 11) is 0. The number of anilines is 1. The maximum Gasteiger partial charge on any atom is 0.255 e. The number of H-pyrrole nitrogens is 1. The van der Waals surface area contributed by atoms with Gasteiger partial charge in [0.15, 0.2) is 0 Å². The first-order chi connectivity index (χ1) is 8.69. The van der Waals surface area contributed by atoms with E-state index in [4.69, 9.17) is 11.6 Å². The fourth-order valence-corrected chi connectivity index (χ4v) is 1.64. The number of carbonyl (C=O) groups excluding carboxylic acids is 1. The quantitative estimate of drug-likeness (QED) is 0.834. The molecule has 0 aliphatic rings. The van der Waals surface area contributed by atoms with Crippen LogP contribution in [0.4, 0.5) is 5.69 Å². The number of nitrogens with one attached hydrogen (secondary N) is 2. The molecule has 5 heteroatoms. The van der Waals surface area contributed by atoms with Crippen LogP contribution in [-0.2, 0) is 5.88 Å². The van der Waals surface area contributed by atoms with Crippen molar-refractivity contribution in [2.45, 2.75) is 5.88 Å². The number of amides is 1. The predicted octanol–water partition coefficient (Wildman–Crippen LogP) is 2.37. The number of aromatic amines is 1. The van der Waals surface area contributed by atoms with Gasteiger partial charge in [0, 0.05) is 29.4 Å². The van der Waals surface area contributed by atoms with Crippen molar-refractivity contribution in [1.82, 2.24) is 4.98 Å². The molecule has 0 bridgehead atoms. The van der Waals surface area contributed by atoms with E-state index in [1.807, 2.05) is 12.1 Å². The molecule has 1 aromatic carbocycles. The molecule has 18 heavy (non-hydrogen) atoms. The average molecular weight is 263 g/mol. The maximum atomic E-state index is 11.8. The number of alkyl halides is 1. The number of hydrogen-bond acceptors (Lipinski definition) is 2. The zero-order valence-electron chi connectivity index (χ0n) is 9.44. The van der Waals surface area contributed by atoms with E-state index in [1.165, 1.54) is 12.3 Å². The Labute approximate surface area is 109 Å². The third-order valence-electron chi connectivity index (χ3n) is 2.40. The van der Waals surface area contributed by atoms with Gasteiger partial charge in [-0.2, -0.15) is 0 Å². The van der Waals surface area contributed by atoms with Crippen molar-refractivity contribution in [2.24, 2.45) is 0 Å². The van der Waals surface area contributed by atoms with E-state index in [0.29, 0.717) is 17.1 Å². The highest BCUT2D eigenvalue weighted by Crippen LogP contribution is 2.12. The molecule has 0 aliphatic carbocycles. The molecule has 92 valence electrons. The summed E-state index contributed by atoms with van der Waals surface area (Å²) in [4.78, 5) is 25.4. The predicted molar refractivity (Wildman–Crippen MR) is 71.0 cm³/mol. The minimum absolute atomic E-state index is 0.305. The first-order valence-electron chi connectivity index (χ1n) is 5.34. The Kier molecular flexibility index (Phi) is 3.79. The van der Waals surface area contributed by atoms with Gasteiger partial charge in [0.1, 0.15) is 0 Å². The van der Waals surface area contributed by atoms with Crippen LogP contribution in [0.25, 0.3) is 0 Å². The van der Waals surface area contributed by atoms with E-state index in [9.17, 15) is 9.59 Å². The van der Waals surface area contributed by atoms with E-state index < -0.39 is 0 Å². The van der Waals surface area contributed by atoms with Crippen LogP contribution in [0.15, 0.2) is 47.4 Å². The second kappa shape index (κ2) is 5.51. The Morgan fingerprint density at radius 2 is 1.94 bits per heavy atom. The van der Waals surface area contributed by atoms with Crippen molar-refractivity contribution >= 4 is 23.2 Å². The molecular formula is C13H11ClN2O2. The molecule has 0 saturated carbocycles. The van der Waals surface area contributed by atoms with Gasteiger partial charge in [0.05, 0.1) is 0 Å². The van der Waals surface area contributed by atoms with E-state index in [2.05, 4.69) is 10.3 Å². The maximum absolute atomic E-state index is 11.8. The molecule has 1 heterocycles. The number of rotatable bonds is 3. The number of pyridine rings is 1. The molecule has 0 fully saturated rings. The molecule has 4 nitrogen and oxygen atoms in total. The number of aromatic nitrogens is 1. The molecule has 2 aromatic rings. The molecule has 0 spiro atoms. The standard InChI is InChI=1S/C13H11ClN2O2/c14-8-9-1-3-11(4-2-9)16-13(18)10-5-6-15-12(17)7-10/h1-7H,8H2,(H,15,17)(H,16,18). The van der Waals surface area contributed by atoms with Crippen LogP contribution in [0.1, 0.15) is 15.9 Å². The zero-order chi connectivity index (χ0) is 13.0. The largest absolute Gasteiger partial charge is 0.329 e. The lowest BCUT2D eigenvalue weighted by Crippen LogP contribution is -2.15. The van der Waals surface area contributed by atoms with E-state index >= 15 is 0 Å². The molecule has 2 N–H and O–H groups in total. The lowest BCUT2D eigenvalue weighted by atomic mass is 10.2. The summed E-state index contributed by atoms with van der Waals surface area (Å²) in [6.45, 7) is 0. The zero-order valence-corrected chi connectivity index (χ0v) is 10.2. The lowest BCUT2D eigenvalue weighted by Gasteiger charge is -2.05. The second-order valence-electron chi connectivity index (χ2n) is 3.73. The average Bonchev–Trinajstić information content (AvgIpc) is 2.39. The van der Waals surface area contributed by atoms with Crippen molar-refractivity contribution in [3.63, 3.8) is 0 Å². The third-order valence-corrected chi connectivity index (χ3v) is 2.71. The lowest BCUT2D eigenvalue weighted by molar-refractivity contribution is 0.102. The normalized spacial score (nSPS) is 10.1. The van der Waals surface area contributed by atoms with Crippen LogP contribution in [0.3, 0.4) is 0 Å². The molecular weight excluding hydrogens is 252 g/mol. The van der Waals surface area contributed by atoms with Gasteiger partial charge in [0.25, 0.3) is 5.91 Å². The summed E-state index contributed by atoms with van der Waals surface area (Å²) >= 11 is 5.67. The Balaban J connectivity index is 2.13. The molecule has 0 radical (unpaired) electrons. The molecule has 0 unspecified atom stereocenters. The van der Waals surface area contributed by atoms with Gasteiger partial charge in [0.2, 0.25) is 5.56 Å². The fourth-order valence-electron chi connectivity index (χ4n) is 1.47. The van der Waals surface area contributed by atoms with Crippen molar-refractivity contribution < 1.29 is 4.79 Å². The third kappa shape index (κ3) is 2.99. The van der Waals surface area contributed by atoms with Crippen LogP contribution in [0.5, 0.6) is 0 Å². The first-order valence-corrected chi connectivity index (χ1v) is 5.87. The first kappa shape index (κ1) is 12.4. The van der Waals surface area contributed by atoms with E-state index in [-0.39, 0.29) is 11.5 Å². The smallest absolute Gasteiger partial charge is 0.255 e. The highest BCUT2D eigenvalue weighted by Gasteiger charge is 2.06. The van der Waals surface area contributed by atoms with Crippen molar-refractivity contribution in [2.75, 3.05) is 5.32 Å². The fraction of sp³-hybridized carbons (Fsp3) is 0.0769. The van der Waals surface area contributed by atoms with Gasteiger partial charge in [-0.1, -0.05) is 12.1 Å². The summed E-state index contributed by atoms with van der Waals surface area (Å²) in [5.74, 6) is 0.113. The van der Waals surface area contributed by atoms with Gasteiger partial charge < -0.3 is 10.3 Å². The Morgan fingerprint density at radius 1 is 1.22 bits per heavy atom. The minimum Gasteiger partial charge on any atom is -0.329 e. The summed E-state index contributed by atoms with van der Waals surface area (Å²) in [5, 5.41) is 2.70. The van der Waals surface area contributed by atoms with Crippen molar-refractivity contribution in [3.8, 4) is 0 Å². The summed E-state index contributed by atoms with van der Waals surface area (Å²) in [6.07, 6.45) is 1.44. The minimum atomic E-state index is -0.320. The number of carbonyl (C=O) groups is 1. The van der Waals surface area contributed by atoms with Crippen LogP contribution in [-0.4, -0.2) is 10.9 Å². The number of hydrogen-bond donors (Lipinski definition) is 2. The monoisotopic (exact) mass is 262 g/mol. The molecule has 0 atom stereocenters. The van der Waals surface area contributed by atoms with Crippen LogP contribution in [0, 0.1) is 0 Å². The van der Waals surface area contributed by atoms with Gasteiger partial charge in [-0.3, -0.25) is 9.59 Å². The second-order valence-corrected chi connectivity index (χ2v) is 3.99. The highest BCUT2D eigenvalue weighted by molar-refractivity contribution is 6.17. The van der Waals surface area contributed by atoms with Gasteiger partial charge >= 0.3 is 0 Å².